The van der Waals surface area contributed by atoms with Crippen LogP contribution in [0.1, 0.15) is 11.3 Å². The number of para-hydroxylation sites is 1. The highest BCUT2D eigenvalue weighted by Crippen LogP contribution is 2.33. The molecule has 0 spiro atoms. The molecule has 0 N–H and O–H groups in total. The van der Waals surface area contributed by atoms with E-state index in [1.54, 1.807) is 4.57 Å². The Bertz CT molecular complexity index is 1410. The molecular weight excluding hydrogens is 477 g/mol. The monoisotopic (exact) mass is 498 g/mol. The summed E-state index contributed by atoms with van der Waals surface area (Å²) in [7, 11) is 0. The molecule has 1 aliphatic rings. The summed E-state index contributed by atoms with van der Waals surface area (Å²) in [6, 6.07) is 20.1. The van der Waals surface area contributed by atoms with Crippen LogP contribution in [0.3, 0.4) is 0 Å². The Morgan fingerprint density at radius 2 is 1.60 bits per heavy atom. The van der Waals surface area contributed by atoms with Crippen molar-refractivity contribution < 1.29 is 13.2 Å². The molecule has 35 heavy (non-hydrogen) atoms. The molecule has 9 heteroatoms. The number of piperazine rings is 1. The average molecular weight is 499 g/mol. The Labute approximate surface area is 205 Å². The summed E-state index contributed by atoms with van der Waals surface area (Å²) in [5.74, 6) is 0.353. The lowest BCUT2D eigenvalue weighted by Crippen LogP contribution is -2.46. The van der Waals surface area contributed by atoms with Crippen LogP contribution in [0.2, 0.25) is 5.02 Å². The Balaban J connectivity index is 1.38. The van der Waals surface area contributed by atoms with E-state index in [0.29, 0.717) is 43.9 Å². The molecule has 5 rings (SSSR count). The van der Waals surface area contributed by atoms with Gasteiger partial charge in [0.25, 0.3) is 5.56 Å². The van der Waals surface area contributed by atoms with Crippen LogP contribution in [0.5, 0.6) is 0 Å². The van der Waals surface area contributed by atoms with Crippen LogP contribution >= 0.6 is 11.6 Å². The van der Waals surface area contributed by atoms with E-state index >= 15 is 0 Å². The third-order valence-electron chi connectivity index (χ3n) is 6.22. The fourth-order valence-corrected chi connectivity index (χ4v) is 4.74. The van der Waals surface area contributed by atoms with Gasteiger partial charge in [0.15, 0.2) is 0 Å². The van der Waals surface area contributed by atoms with Gasteiger partial charge in [-0.25, -0.2) is 4.98 Å². The maximum Gasteiger partial charge on any atom is 0.417 e. The number of nitrogens with zero attached hydrogens (tertiary/aromatic N) is 4. The molecular formula is C26H22ClF3N4O. The number of rotatable bonds is 4. The smallest absolute Gasteiger partial charge is 0.353 e. The number of anilines is 1. The second kappa shape index (κ2) is 9.36. The van der Waals surface area contributed by atoms with Gasteiger partial charge in [0.2, 0.25) is 0 Å². The van der Waals surface area contributed by atoms with Crippen molar-refractivity contribution in [3.05, 3.63) is 99.6 Å². The number of pyridine rings is 2. The molecule has 5 nitrogen and oxygen atoms in total. The van der Waals surface area contributed by atoms with Gasteiger partial charge in [-0.05, 0) is 35.7 Å². The van der Waals surface area contributed by atoms with Crippen molar-refractivity contribution in [3.63, 3.8) is 0 Å². The molecule has 180 valence electrons. The second-order valence-electron chi connectivity index (χ2n) is 8.49. The van der Waals surface area contributed by atoms with Gasteiger partial charge in [-0.2, -0.15) is 13.2 Å². The standard InChI is InChI=1S/C26H22ClF3N4O/c27-23-15-19(26(28,29)30)16-31-24(23)33-12-10-32(11-13-33)17-21-14-18-6-4-5-9-22(18)25(35)34(21)20-7-2-1-3-8-20/h1-9,14-16H,10-13,17H2. The average Bonchev–Trinajstić information content (AvgIpc) is 2.85. The Morgan fingerprint density at radius 1 is 0.914 bits per heavy atom. The molecule has 0 aliphatic carbocycles. The van der Waals surface area contributed by atoms with E-state index in [1.807, 2.05) is 65.6 Å². The Morgan fingerprint density at radius 3 is 2.29 bits per heavy atom. The van der Waals surface area contributed by atoms with Gasteiger partial charge in [0.1, 0.15) is 5.82 Å². The van der Waals surface area contributed by atoms with E-state index in [0.717, 1.165) is 29.0 Å². The molecule has 1 aliphatic heterocycles. The fraction of sp³-hybridized carbons (Fsp3) is 0.231. The van der Waals surface area contributed by atoms with Crippen molar-refractivity contribution in [2.24, 2.45) is 0 Å². The SMILES string of the molecule is O=c1c2ccccc2cc(CN2CCN(c3ncc(C(F)(F)F)cc3Cl)CC2)n1-c1ccccc1. The summed E-state index contributed by atoms with van der Waals surface area (Å²) < 4.78 is 40.6. The van der Waals surface area contributed by atoms with Crippen molar-refractivity contribution in [1.29, 1.82) is 0 Å². The quantitative estimate of drug-likeness (QED) is 0.379. The summed E-state index contributed by atoms with van der Waals surface area (Å²) in [5.41, 5.74) is 0.750. The molecule has 0 radical (unpaired) electrons. The van der Waals surface area contributed by atoms with Crippen molar-refractivity contribution in [3.8, 4) is 5.69 Å². The number of halogens is 4. The zero-order valence-corrected chi connectivity index (χ0v) is 19.4. The van der Waals surface area contributed by atoms with E-state index in [2.05, 4.69) is 9.88 Å². The van der Waals surface area contributed by atoms with E-state index in [-0.39, 0.29) is 10.6 Å². The first kappa shape index (κ1) is 23.4. The molecule has 4 aromatic rings. The molecule has 3 heterocycles. The summed E-state index contributed by atoms with van der Waals surface area (Å²) >= 11 is 6.14. The third-order valence-corrected chi connectivity index (χ3v) is 6.50. The van der Waals surface area contributed by atoms with Gasteiger partial charge in [0, 0.05) is 55.7 Å². The second-order valence-corrected chi connectivity index (χ2v) is 8.90. The minimum absolute atomic E-state index is 0.0132. The fourth-order valence-electron chi connectivity index (χ4n) is 4.45. The van der Waals surface area contributed by atoms with Gasteiger partial charge < -0.3 is 4.90 Å². The lowest BCUT2D eigenvalue weighted by atomic mass is 10.1. The summed E-state index contributed by atoms with van der Waals surface area (Å²) in [4.78, 5) is 21.5. The Kier molecular flexibility index (Phi) is 6.25. The van der Waals surface area contributed by atoms with Gasteiger partial charge in [-0.15, -0.1) is 0 Å². The van der Waals surface area contributed by atoms with Crippen LogP contribution in [0, 0.1) is 0 Å². The molecule has 0 atom stereocenters. The lowest BCUT2D eigenvalue weighted by molar-refractivity contribution is -0.137. The summed E-state index contributed by atoms with van der Waals surface area (Å²) in [6.45, 7) is 2.96. The van der Waals surface area contributed by atoms with E-state index < -0.39 is 11.7 Å². The highest BCUT2D eigenvalue weighted by molar-refractivity contribution is 6.33. The number of alkyl halides is 3. The molecule has 1 saturated heterocycles. The largest absolute Gasteiger partial charge is 0.417 e. The zero-order valence-electron chi connectivity index (χ0n) is 18.7. The van der Waals surface area contributed by atoms with Crippen molar-refractivity contribution in [1.82, 2.24) is 14.5 Å². The molecule has 0 bridgehead atoms. The maximum atomic E-state index is 13.4. The van der Waals surface area contributed by atoms with Gasteiger partial charge in [-0.3, -0.25) is 14.3 Å². The molecule has 0 unspecified atom stereocenters. The zero-order chi connectivity index (χ0) is 24.6. The van der Waals surface area contributed by atoms with Crippen LogP contribution in [0.15, 0.2) is 77.7 Å². The highest BCUT2D eigenvalue weighted by atomic mass is 35.5. The first-order valence-electron chi connectivity index (χ1n) is 11.2. The van der Waals surface area contributed by atoms with Crippen molar-refractivity contribution >= 4 is 28.2 Å². The van der Waals surface area contributed by atoms with Gasteiger partial charge >= 0.3 is 6.18 Å². The number of aromatic nitrogens is 2. The molecule has 1 fully saturated rings. The predicted octanol–water partition coefficient (Wildman–Crippen LogP) is 5.38. The topological polar surface area (TPSA) is 41.4 Å². The van der Waals surface area contributed by atoms with Crippen LogP contribution in [0.25, 0.3) is 16.5 Å². The van der Waals surface area contributed by atoms with Crippen molar-refractivity contribution in [2.45, 2.75) is 12.7 Å². The predicted molar refractivity (Wildman–Crippen MR) is 131 cm³/mol. The number of fused-ring (bicyclic) bond motifs is 1. The molecule has 2 aromatic carbocycles. The third kappa shape index (κ3) is 4.76. The van der Waals surface area contributed by atoms with Crippen LogP contribution in [-0.2, 0) is 12.7 Å². The normalized spacial score (nSPS) is 15.0. The first-order chi connectivity index (χ1) is 16.8. The number of benzene rings is 2. The summed E-state index contributed by atoms with van der Waals surface area (Å²) in [6.07, 6.45) is -3.66. The molecule has 0 amide bonds. The van der Waals surface area contributed by atoms with E-state index in [1.165, 1.54) is 0 Å². The maximum absolute atomic E-state index is 13.4. The van der Waals surface area contributed by atoms with Gasteiger partial charge in [-0.1, -0.05) is 48.0 Å². The minimum Gasteiger partial charge on any atom is -0.353 e. The molecule has 2 aromatic heterocycles. The minimum atomic E-state index is -4.48. The first-order valence-corrected chi connectivity index (χ1v) is 11.6. The highest BCUT2D eigenvalue weighted by Gasteiger charge is 2.32. The van der Waals surface area contributed by atoms with E-state index in [9.17, 15) is 18.0 Å². The number of hydrogen-bond donors (Lipinski definition) is 0. The summed E-state index contributed by atoms with van der Waals surface area (Å²) in [5, 5.41) is 1.53. The van der Waals surface area contributed by atoms with Crippen molar-refractivity contribution in [2.75, 3.05) is 31.1 Å². The van der Waals surface area contributed by atoms with Crippen LogP contribution in [-0.4, -0.2) is 40.6 Å². The Hall–Kier alpha value is -3.36. The number of hydrogen-bond acceptors (Lipinski definition) is 4. The van der Waals surface area contributed by atoms with Crippen LogP contribution in [0.4, 0.5) is 19.0 Å². The lowest BCUT2D eigenvalue weighted by Gasteiger charge is -2.36. The van der Waals surface area contributed by atoms with Crippen LogP contribution < -0.4 is 10.5 Å². The van der Waals surface area contributed by atoms with Gasteiger partial charge in [0.05, 0.1) is 10.6 Å². The van der Waals surface area contributed by atoms with E-state index in [4.69, 9.17) is 11.6 Å². The molecule has 0 saturated carbocycles.